The zero-order valence-corrected chi connectivity index (χ0v) is 7.32. The van der Waals surface area contributed by atoms with Gasteiger partial charge < -0.3 is 5.41 Å². The molecule has 1 nitrogen and oxygen atoms in total. The minimum Gasteiger partial charge on any atom is -0.305 e. The van der Waals surface area contributed by atoms with Gasteiger partial charge in [0.1, 0.15) is 0 Å². The Balaban J connectivity index is 2.54. The molecule has 0 amide bonds. The van der Waals surface area contributed by atoms with E-state index in [1.54, 1.807) is 11.3 Å². The van der Waals surface area contributed by atoms with Gasteiger partial charge in [0.05, 0.1) is 0 Å². The minimum absolute atomic E-state index is 0.0525. The maximum atomic E-state index is 7.52. The maximum absolute atomic E-state index is 7.52. The monoisotopic (exact) mass is 176 g/mol. The van der Waals surface area contributed by atoms with Gasteiger partial charge in [0.15, 0.2) is 0 Å². The molecule has 0 saturated heterocycles. The van der Waals surface area contributed by atoms with Gasteiger partial charge in [-0.05, 0) is 35.4 Å². The van der Waals surface area contributed by atoms with Crippen LogP contribution < -0.4 is 0 Å². The summed E-state index contributed by atoms with van der Waals surface area (Å²) in [5, 5.41) is 10.8. The number of benzene rings is 1. The molecule has 0 radical (unpaired) electrons. The lowest BCUT2D eigenvalue weighted by molar-refractivity contribution is 1.47. The van der Waals surface area contributed by atoms with Crippen LogP contribution in [0, 0.1) is 5.41 Å². The fourth-order valence-electron chi connectivity index (χ4n) is 1.14. The van der Waals surface area contributed by atoms with Gasteiger partial charge in [0.25, 0.3) is 0 Å². The second kappa shape index (κ2) is 2.72. The number of rotatable bonds is 1. The molecular weight excluding hydrogens is 166 g/mol. The number of hydrogen-bond acceptors (Lipinski definition) is 2. The van der Waals surface area contributed by atoms with Crippen LogP contribution in [-0.4, -0.2) is 5.71 Å². The Hall–Kier alpha value is -1.15. The topological polar surface area (TPSA) is 23.9 Å². The van der Waals surface area contributed by atoms with Crippen molar-refractivity contribution < 1.29 is 1.37 Å². The average molecular weight is 176 g/mol. The van der Waals surface area contributed by atoms with E-state index in [0.717, 1.165) is 5.56 Å². The Kier molecular flexibility index (Phi) is 1.44. The summed E-state index contributed by atoms with van der Waals surface area (Å²) >= 11 is 1.67. The van der Waals surface area contributed by atoms with Gasteiger partial charge in [0.2, 0.25) is 0 Å². The van der Waals surface area contributed by atoms with Gasteiger partial charge in [-0.2, -0.15) is 0 Å². The Labute approximate surface area is 76.6 Å². The summed E-state index contributed by atoms with van der Waals surface area (Å²) in [6, 6.07) is 7.96. The van der Waals surface area contributed by atoms with Crippen molar-refractivity contribution >= 4 is 27.1 Å². The predicted molar refractivity (Wildman–Crippen MR) is 54.3 cm³/mol. The van der Waals surface area contributed by atoms with Gasteiger partial charge >= 0.3 is 0 Å². The van der Waals surface area contributed by atoms with Gasteiger partial charge in [-0.15, -0.1) is 11.3 Å². The van der Waals surface area contributed by atoms with Crippen LogP contribution in [0.2, 0.25) is 0 Å². The smallest absolute Gasteiger partial charge is 0.0355 e. The molecule has 0 saturated carbocycles. The van der Waals surface area contributed by atoms with E-state index in [-0.39, 0.29) is 6.90 Å². The Morgan fingerprint density at radius 3 is 3.25 bits per heavy atom. The summed E-state index contributed by atoms with van der Waals surface area (Å²) in [6.07, 6.45) is 0. The Morgan fingerprint density at radius 1 is 1.50 bits per heavy atom. The molecule has 2 aromatic rings. The predicted octanol–water partition coefficient (Wildman–Crippen LogP) is 3.29. The van der Waals surface area contributed by atoms with Crippen molar-refractivity contribution in [2.45, 2.75) is 6.90 Å². The number of fused-ring (bicyclic) bond motifs is 1. The van der Waals surface area contributed by atoms with E-state index in [9.17, 15) is 0 Å². The van der Waals surface area contributed by atoms with E-state index in [1.807, 2.05) is 23.6 Å². The maximum Gasteiger partial charge on any atom is 0.0355 e. The van der Waals surface area contributed by atoms with Crippen molar-refractivity contribution in [1.29, 1.82) is 5.41 Å². The van der Waals surface area contributed by atoms with Crippen molar-refractivity contribution in [2.24, 2.45) is 0 Å². The number of thiophene rings is 1. The largest absolute Gasteiger partial charge is 0.305 e. The molecule has 0 fully saturated rings. The molecule has 0 unspecified atom stereocenters. The van der Waals surface area contributed by atoms with Crippen molar-refractivity contribution in [2.75, 3.05) is 0 Å². The first-order chi connectivity index (χ1) is 6.31. The summed E-state index contributed by atoms with van der Waals surface area (Å²) in [5.74, 6) is 0. The highest BCUT2D eigenvalue weighted by Gasteiger charge is 1.98. The molecule has 0 spiro atoms. The molecule has 0 aliphatic heterocycles. The molecule has 0 bridgehead atoms. The first-order valence-corrected chi connectivity index (χ1v) is 4.53. The molecular formula is C10H9NS. The molecule has 1 N–H and O–H groups in total. The molecule has 0 aliphatic rings. The quantitative estimate of drug-likeness (QED) is 0.645. The highest BCUT2D eigenvalue weighted by atomic mass is 32.1. The SMILES string of the molecule is [2H]CC(=N)c1ccc2ccsc2c1. The van der Waals surface area contributed by atoms with E-state index >= 15 is 0 Å². The molecule has 1 aromatic heterocycles. The summed E-state index contributed by atoms with van der Waals surface area (Å²) in [6.45, 7) is 0.0525. The van der Waals surface area contributed by atoms with Gasteiger partial charge in [-0.1, -0.05) is 12.1 Å². The van der Waals surface area contributed by atoms with Crippen LogP contribution in [0.3, 0.4) is 0 Å². The second-order valence-electron chi connectivity index (χ2n) is 2.65. The second-order valence-corrected chi connectivity index (χ2v) is 3.60. The Bertz CT molecular complexity index is 447. The van der Waals surface area contributed by atoms with E-state index in [1.165, 1.54) is 10.1 Å². The fraction of sp³-hybridized carbons (Fsp3) is 0.100. The van der Waals surface area contributed by atoms with Crippen LogP contribution in [-0.2, 0) is 0 Å². The minimum atomic E-state index is 0.0525. The van der Waals surface area contributed by atoms with E-state index in [2.05, 4.69) is 6.07 Å². The van der Waals surface area contributed by atoms with Crippen LogP contribution in [0.15, 0.2) is 29.6 Å². The molecule has 12 heavy (non-hydrogen) atoms. The lowest BCUT2D eigenvalue weighted by Crippen LogP contribution is -1.89. The molecule has 1 heterocycles. The highest BCUT2D eigenvalue weighted by Crippen LogP contribution is 2.21. The van der Waals surface area contributed by atoms with Crippen LogP contribution in [0.25, 0.3) is 10.1 Å². The van der Waals surface area contributed by atoms with Crippen molar-refractivity contribution in [1.82, 2.24) is 0 Å². The summed E-state index contributed by atoms with van der Waals surface area (Å²) in [4.78, 5) is 0. The first-order valence-electron chi connectivity index (χ1n) is 4.36. The van der Waals surface area contributed by atoms with Gasteiger partial charge in [-0.25, -0.2) is 0 Å². The third-order valence-electron chi connectivity index (χ3n) is 1.80. The average Bonchev–Trinajstić information content (AvgIpc) is 2.63. The molecule has 0 aliphatic carbocycles. The fourth-order valence-corrected chi connectivity index (χ4v) is 1.97. The Morgan fingerprint density at radius 2 is 2.42 bits per heavy atom. The highest BCUT2D eigenvalue weighted by molar-refractivity contribution is 7.17. The summed E-state index contributed by atoms with van der Waals surface area (Å²) < 4.78 is 8.29. The normalized spacial score (nSPS) is 11.5. The van der Waals surface area contributed by atoms with E-state index < -0.39 is 0 Å². The van der Waals surface area contributed by atoms with Gasteiger partial charge in [0, 0.05) is 11.8 Å². The van der Waals surface area contributed by atoms with Crippen molar-refractivity contribution in [3.8, 4) is 0 Å². The molecule has 2 heteroatoms. The summed E-state index contributed by atoms with van der Waals surface area (Å²) in [7, 11) is 0. The molecule has 2 rings (SSSR count). The standard InChI is InChI=1S/C10H9NS/c1-7(11)9-3-2-8-4-5-12-10(8)6-9/h2-6,11H,1H3/i1D. The zero-order chi connectivity index (χ0) is 9.26. The van der Waals surface area contributed by atoms with Crippen LogP contribution in [0.5, 0.6) is 0 Å². The van der Waals surface area contributed by atoms with Crippen molar-refractivity contribution in [3.05, 3.63) is 35.2 Å². The third-order valence-corrected chi connectivity index (χ3v) is 2.68. The van der Waals surface area contributed by atoms with Crippen LogP contribution in [0.1, 0.15) is 13.8 Å². The van der Waals surface area contributed by atoms with Crippen LogP contribution >= 0.6 is 11.3 Å². The summed E-state index contributed by atoms with van der Waals surface area (Å²) in [5.41, 5.74) is 1.25. The zero-order valence-electron chi connectivity index (χ0n) is 7.50. The lowest BCUT2D eigenvalue weighted by Gasteiger charge is -1.96. The van der Waals surface area contributed by atoms with E-state index in [4.69, 9.17) is 6.78 Å². The molecule has 60 valence electrons. The third kappa shape index (κ3) is 1.14. The molecule has 1 aromatic carbocycles. The van der Waals surface area contributed by atoms with Crippen molar-refractivity contribution in [3.63, 3.8) is 0 Å². The first kappa shape index (κ1) is 6.38. The van der Waals surface area contributed by atoms with E-state index in [0.29, 0.717) is 5.71 Å². The lowest BCUT2D eigenvalue weighted by atomic mass is 10.1. The number of hydrogen-bond donors (Lipinski definition) is 1. The van der Waals surface area contributed by atoms with Crippen LogP contribution in [0.4, 0.5) is 0 Å². The number of nitrogens with one attached hydrogen (secondary N) is 1. The molecule has 0 atom stereocenters. The van der Waals surface area contributed by atoms with Gasteiger partial charge in [-0.3, -0.25) is 0 Å².